The second-order valence-electron chi connectivity index (χ2n) is 6.73. The van der Waals surface area contributed by atoms with Gasteiger partial charge in [-0.2, -0.15) is 5.10 Å². The average molecular weight is 365 g/mol. The lowest BCUT2D eigenvalue weighted by atomic mass is 9.93. The van der Waals surface area contributed by atoms with Gasteiger partial charge in [0, 0.05) is 19.7 Å². The number of hydrogen-bond donors (Lipinski definition) is 1. The number of carbonyl (C=O) groups excluding carboxylic acids is 1. The van der Waals surface area contributed by atoms with Crippen molar-refractivity contribution in [1.29, 1.82) is 0 Å². The van der Waals surface area contributed by atoms with E-state index in [2.05, 4.69) is 5.10 Å². The standard InChI is InChI=1S/C18H24N4O2.ClH/c1-18(2,12-19)13-21(3)17(24)15-9-10-16(23)22(20-15)11-14-7-5-4-6-8-14;/h4-10H,11-13,19H2,1-3H3;1H. The minimum atomic E-state index is -0.236. The average Bonchev–Trinajstić information content (AvgIpc) is 2.57. The number of carbonyl (C=O) groups is 1. The van der Waals surface area contributed by atoms with Crippen LogP contribution >= 0.6 is 12.4 Å². The maximum absolute atomic E-state index is 12.6. The smallest absolute Gasteiger partial charge is 0.274 e. The van der Waals surface area contributed by atoms with Crippen LogP contribution in [0.4, 0.5) is 0 Å². The summed E-state index contributed by atoms with van der Waals surface area (Å²) in [5.41, 5.74) is 6.51. The van der Waals surface area contributed by atoms with E-state index in [1.807, 2.05) is 44.2 Å². The van der Waals surface area contributed by atoms with E-state index < -0.39 is 0 Å². The zero-order valence-corrected chi connectivity index (χ0v) is 15.6. The largest absolute Gasteiger partial charge is 0.340 e. The maximum atomic E-state index is 12.6. The first-order valence-electron chi connectivity index (χ1n) is 7.90. The molecule has 25 heavy (non-hydrogen) atoms. The molecule has 1 heterocycles. The van der Waals surface area contributed by atoms with Crippen LogP contribution in [0, 0.1) is 5.41 Å². The zero-order valence-electron chi connectivity index (χ0n) is 14.8. The van der Waals surface area contributed by atoms with Gasteiger partial charge in [-0.3, -0.25) is 9.59 Å². The Labute approximate surface area is 154 Å². The Balaban J connectivity index is 0.00000312. The minimum absolute atomic E-state index is 0. The molecule has 6 nitrogen and oxygen atoms in total. The zero-order chi connectivity index (χ0) is 17.7. The molecule has 2 N–H and O–H groups in total. The van der Waals surface area contributed by atoms with Crippen molar-refractivity contribution in [2.24, 2.45) is 11.1 Å². The molecule has 0 atom stereocenters. The fraction of sp³-hybridized carbons (Fsp3) is 0.389. The van der Waals surface area contributed by atoms with Crippen molar-refractivity contribution in [2.45, 2.75) is 20.4 Å². The molecular formula is C18H25ClN4O2. The third-order valence-electron chi connectivity index (χ3n) is 3.83. The first-order valence-corrected chi connectivity index (χ1v) is 7.90. The number of amides is 1. The monoisotopic (exact) mass is 364 g/mol. The number of hydrogen-bond acceptors (Lipinski definition) is 4. The molecule has 0 radical (unpaired) electrons. The third-order valence-corrected chi connectivity index (χ3v) is 3.83. The Morgan fingerprint density at radius 2 is 1.84 bits per heavy atom. The molecule has 0 saturated heterocycles. The van der Waals surface area contributed by atoms with Gasteiger partial charge >= 0.3 is 0 Å². The molecule has 0 spiro atoms. The highest BCUT2D eigenvalue weighted by Crippen LogP contribution is 2.15. The van der Waals surface area contributed by atoms with Crippen LogP contribution in [0.3, 0.4) is 0 Å². The van der Waals surface area contributed by atoms with Crippen molar-refractivity contribution in [2.75, 3.05) is 20.1 Å². The van der Waals surface area contributed by atoms with E-state index in [-0.39, 0.29) is 35.0 Å². The van der Waals surface area contributed by atoms with Crippen molar-refractivity contribution in [3.8, 4) is 0 Å². The lowest BCUT2D eigenvalue weighted by Gasteiger charge is -2.28. The summed E-state index contributed by atoms with van der Waals surface area (Å²) < 4.78 is 1.31. The van der Waals surface area contributed by atoms with Crippen LogP contribution in [0.15, 0.2) is 47.3 Å². The predicted molar refractivity (Wildman–Crippen MR) is 101 cm³/mol. The van der Waals surface area contributed by atoms with E-state index in [0.717, 1.165) is 5.56 Å². The van der Waals surface area contributed by atoms with Gasteiger partial charge in [0.15, 0.2) is 0 Å². The Morgan fingerprint density at radius 1 is 1.20 bits per heavy atom. The quantitative estimate of drug-likeness (QED) is 0.847. The second kappa shape index (κ2) is 8.78. The van der Waals surface area contributed by atoms with E-state index in [0.29, 0.717) is 19.6 Å². The van der Waals surface area contributed by atoms with Crippen LogP contribution in [0.1, 0.15) is 29.9 Å². The number of nitrogens with zero attached hydrogens (tertiary/aromatic N) is 3. The maximum Gasteiger partial charge on any atom is 0.274 e. The highest BCUT2D eigenvalue weighted by molar-refractivity contribution is 5.91. The van der Waals surface area contributed by atoms with E-state index in [9.17, 15) is 9.59 Å². The van der Waals surface area contributed by atoms with E-state index in [1.165, 1.54) is 16.8 Å². The van der Waals surface area contributed by atoms with Gasteiger partial charge in [0.1, 0.15) is 5.69 Å². The summed E-state index contributed by atoms with van der Waals surface area (Å²) in [5.74, 6) is -0.224. The summed E-state index contributed by atoms with van der Waals surface area (Å²) in [7, 11) is 1.72. The normalized spacial score (nSPS) is 10.9. The summed E-state index contributed by atoms with van der Waals surface area (Å²) >= 11 is 0. The predicted octanol–water partition coefficient (Wildman–Crippen LogP) is 1.77. The van der Waals surface area contributed by atoms with E-state index in [1.54, 1.807) is 11.9 Å². The Morgan fingerprint density at radius 3 is 2.44 bits per heavy atom. The minimum Gasteiger partial charge on any atom is -0.340 e. The highest BCUT2D eigenvalue weighted by Gasteiger charge is 2.23. The number of rotatable bonds is 6. The van der Waals surface area contributed by atoms with Gasteiger partial charge in [-0.15, -0.1) is 12.4 Å². The van der Waals surface area contributed by atoms with Crippen molar-refractivity contribution in [3.63, 3.8) is 0 Å². The number of nitrogens with two attached hydrogens (primary N) is 1. The van der Waals surface area contributed by atoms with Gasteiger partial charge in [0.05, 0.1) is 6.54 Å². The molecule has 0 bridgehead atoms. The molecule has 0 fully saturated rings. The summed E-state index contributed by atoms with van der Waals surface area (Å²) in [6.45, 7) is 5.33. The van der Waals surface area contributed by atoms with Crippen LogP contribution in [0.25, 0.3) is 0 Å². The van der Waals surface area contributed by atoms with Gasteiger partial charge in [0.2, 0.25) is 0 Å². The molecule has 0 saturated carbocycles. The Hall–Kier alpha value is -2.18. The van der Waals surface area contributed by atoms with Gasteiger partial charge in [-0.1, -0.05) is 44.2 Å². The van der Waals surface area contributed by atoms with Crippen LogP contribution in [-0.4, -0.2) is 40.7 Å². The lowest BCUT2D eigenvalue weighted by molar-refractivity contribution is 0.0732. The first kappa shape index (κ1) is 20.9. The summed E-state index contributed by atoms with van der Waals surface area (Å²) in [6, 6.07) is 12.4. The van der Waals surface area contributed by atoms with Gasteiger partial charge in [0.25, 0.3) is 11.5 Å². The van der Waals surface area contributed by atoms with Crippen molar-refractivity contribution in [3.05, 3.63) is 64.1 Å². The summed E-state index contributed by atoms with van der Waals surface area (Å²) in [6.07, 6.45) is 0. The van der Waals surface area contributed by atoms with Gasteiger partial charge < -0.3 is 10.6 Å². The molecule has 7 heteroatoms. The number of aromatic nitrogens is 2. The van der Waals surface area contributed by atoms with Crippen LogP contribution in [0.2, 0.25) is 0 Å². The summed E-state index contributed by atoms with van der Waals surface area (Å²) in [5, 5.41) is 4.23. The molecule has 0 aliphatic heterocycles. The molecule has 136 valence electrons. The highest BCUT2D eigenvalue weighted by atomic mass is 35.5. The SMILES string of the molecule is CN(CC(C)(C)CN)C(=O)c1ccc(=O)n(Cc2ccccc2)n1.Cl. The summed E-state index contributed by atoms with van der Waals surface area (Å²) in [4.78, 5) is 26.2. The first-order chi connectivity index (χ1) is 11.3. The lowest BCUT2D eigenvalue weighted by Crippen LogP contribution is -2.40. The molecule has 1 amide bonds. The second-order valence-corrected chi connectivity index (χ2v) is 6.73. The third kappa shape index (κ3) is 5.69. The van der Waals surface area contributed by atoms with Crippen LogP contribution < -0.4 is 11.3 Å². The van der Waals surface area contributed by atoms with E-state index >= 15 is 0 Å². The van der Waals surface area contributed by atoms with Gasteiger partial charge in [-0.05, 0) is 23.6 Å². The fourth-order valence-electron chi connectivity index (χ4n) is 2.41. The number of halogens is 1. The topological polar surface area (TPSA) is 81.2 Å². The molecule has 0 unspecified atom stereocenters. The van der Waals surface area contributed by atoms with Crippen molar-refractivity contribution >= 4 is 18.3 Å². The molecular weight excluding hydrogens is 340 g/mol. The van der Waals surface area contributed by atoms with E-state index in [4.69, 9.17) is 5.73 Å². The Kier molecular flexibility index (Phi) is 7.33. The van der Waals surface area contributed by atoms with Crippen molar-refractivity contribution < 1.29 is 4.79 Å². The molecule has 1 aromatic heterocycles. The van der Waals surface area contributed by atoms with Crippen molar-refractivity contribution in [1.82, 2.24) is 14.7 Å². The fourth-order valence-corrected chi connectivity index (χ4v) is 2.41. The van der Waals surface area contributed by atoms with Crippen LogP contribution in [-0.2, 0) is 6.54 Å². The molecule has 1 aromatic carbocycles. The molecule has 2 aromatic rings. The Bertz CT molecular complexity index is 759. The molecule has 0 aliphatic carbocycles. The number of benzene rings is 1. The molecule has 0 aliphatic rings. The molecule has 2 rings (SSSR count). The van der Waals surface area contributed by atoms with Gasteiger partial charge in [-0.25, -0.2) is 4.68 Å². The van der Waals surface area contributed by atoms with Crippen LogP contribution in [0.5, 0.6) is 0 Å².